The van der Waals surface area contributed by atoms with Crippen molar-refractivity contribution < 1.29 is 18.3 Å². The number of nitrogens with zero attached hydrogens (tertiary/aromatic N) is 1. The minimum atomic E-state index is -5.01. The third-order valence-corrected chi connectivity index (χ3v) is 4.91. The zero-order valence-electron chi connectivity index (χ0n) is 13.1. The summed E-state index contributed by atoms with van der Waals surface area (Å²) in [7, 11) is 0. The molecule has 0 amide bonds. The molecule has 2 aromatic carbocycles. The lowest BCUT2D eigenvalue weighted by Gasteiger charge is -2.31. The lowest BCUT2D eigenvalue weighted by molar-refractivity contribution is -0.245. The van der Waals surface area contributed by atoms with Crippen molar-refractivity contribution in [3.63, 3.8) is 0 Å². The summed E-state index contributed by atoms with van der Waals surface area (Å²) < 4.78 is 41.3. The quantitative estimate of drug-likeness (QED) is 0.414. The summed E-state index contributed by atoms with van der Waals surface area (Å²) in [5.74, 6) is 0. The molecular formula is C17H13ClF3N3OS. The van der Waals surface area contributed by atoms with E-state index in [0.717, 1.165) is 11.3 Å². The van der Waals surface area contributed by atoms with Gasteiger partial charge in [-0.1, -0.05) is 47.2 Å². The number of aliphatic hydroxyl groups is 1. The summed E-state index contributed by atoms with van der Waals surface area (Å²) in [5, 5.41) is 20.6. The van der Waals surface area contributed by atoms with Crippen LogP contribution in [0.3, 0.4) is 0 Å². The molecule has 0 aliphatic carbocycles. The first-order valence-electron chi connectivity index (χ1n) is 7.44. The molecule has 3 rings (SSSR count). The second kappa shape index (κ2) is 6.86. The van der Waals surface area contributed by atoms with E-state index in [1.807, 2.05) is 0 Å². The maximum absolute atomic E-state index is 13.5. The molecule has 26 heavy (non-hydrogen) atoms. The molecular weight excluding hydrogens is 387 g/mol. The minimum Gasteiger partial charge on any atom is -0.363 e. The lowest BCUT2D eigenvalue weighted by Crippen LogP contribution is -2.53. The Morgan fingerprint density at radius 3 is 2.42 bits per heavy atom. The van der Waals surface area contributed by atoms with E-state index in [1.54, 1.807) is 24.3 Å². The zero-order chi connectivity index (χ0) is 18.9. The summed E-state index contributed by atoms with van der Waals surface area (Å²) in [6, 6.07) is 12.7. The van der Waals surface area contributed by atoms with Crippen LogP contribution in [0.25, 0.3) is 10.2 Å². The third kappa shape index (κ3) is 3.82. The van der Waals surface area contributed by atoms with E-state index in [1.165, 1.54) is 24.3 Å². The van der Waals surface area contributed by atoms with Crippen molar-refractivity contribution in [2.75, 3.05) is 5.32 Å². The van der Waals surface area contributed by atoms with E-state index >= 15 is 0 Å². The predicted molar refractivity (Wildman–Crippen MR) is 97.1 cm³/mol. The smallest absolute Gasteiger partial charge is 0.363 e. The first-order valence-corrected chi connectivity index (χ1v) is 8.64. The predicted octanol–water partition coefficient (Wildman–Crippen LogP) is 5.07. The van der Waals surface area contributed by atoms with Crippen LogP contribution in [-0.4, -0.2) is 27.7 Å². The third-order valence-electron chi connectivity index (χ3n) is 3.70. The topological polar surface area (TPSA) is 69.0 Å². The molecule has 0 saturated heterocycles. The molecule has 0 aliphatic heterocycles. The molecule has 1 aromatic heterocycles. The van der Waals surface area contributed by atoms with Crippen molar-refractivity contribution >= 4 is 44.0 Å². The number of aromatic nitrogens is 1. The summed E-state index contributed by atoms with van der Waals surface area (Å²) in [4.78, 5) is 4.06. The van der Waals surface area contributed by atoms with Gasteiger partial charge in [-0.05, 0) is 29.8 Å². The molecule has 1 unspecified atom stereocenters. The zero-order valence-corrected chi connectivity index (χ0v) is 14.7. The van der Waals surface area contributed by atoms with Crippen molar-refractivity contribution in [1.82, 2.24) is 4.98 Å². The largest absolute Gasteiger partial charge is 0.436 e. The molecule has 0 bridgehead atoms. The standard InChI is InChI=1S/C17H13ClF3N3OS/c18-11-7-5-10(6-8-11)12(22)9-16(25,17(19,20)21)24-15-23-13-3-1-2-4-14(13)26-15/h1-8,22,25H,9H2,(H,23,24). The monoisotopic (exact) mass is 399 g/mol. The van der Waals surface area contributed by atoms with Gasteiger partial charge in [0.25, 0.3) is 0 Å². The van der Waals surface area contributed by atoms with E-state index in [9.17, 15) is 18.3 Å². The number of rotatable bonds is 5. The van der Waals surface area contributed by atoms with Crippen LogP contribution in [0.5, 0.6) is 0 Å². The first kappa shape index (κ1) is 18.6. The average molecular weight is 400 g/mol. The number of fused-ring (bicyclic) bond motifs is 1. The Labute approximate surface area is 155 Å². The second-order valence-electron chi connectivity index (χ2n) is 5.63. The molecule has 0 fully saturated rings. The van der Waals surface area contributed by atoms with Gasteiger partial charge in [0.2, 0.25) is 5.72 Å². The van der Waals surface area contributed by atoms with Crippen LogP contribution in [0.4, 0.5) is 18.3 Å². The second-order valence-corrected chi connectivity index (χ2v) is 7.10. The molecule has 0 saturated carbocycles. The van der Waals surface area contributed by atoms with Gasteiger partial charge < -0.3 is 15.8 Å². The number of benzene rings is 2. The van der Waals surface area contributed by atoms with Gasteiger partial charge in [0.05, 0.1) is 10.2 Å². The molecule has 3 aromatic rings. The maximum atomic E-state index is 13.5. The highest BCUT2D eigenvalue weighted by molar-refractivity contribution is 7.22. The number of alkyl halides is 3. The van der Waals surface area contributed by atoms with Crippen LogP contribution < -0.4 is 5.32 Å². The van der Waals surface area contributed by atoms with Gasteiger partial charge in [0.1, 0.15) is 0 Å². The van der Waals surface area contributed by atoms with Gasteiger partial charge in [-0.15, -0.1) is 0 Å². The fourth-order valence-electron chi connectivity index (χ4n) is 2.33. The Morgan fingerprint density at radius 1 is 1.15 bits per heavy atom. The Balaban J connectivity index is 1.88. The first-order chi connectivity index (χ1) is 12.2. The molecule has 0 aliphatic rings. The van der Waals surface area contributed by atoms with Crippen LogP contribution >= 0.6 is 22.9 Å². The molecule has 1 heterocycles. The molecule has 136 valence electrons. The Hall–Kier alpha value is -2.16. The fraction of sp³-hybridized carbons (Fsp3) is 0.176. The lowest BCUT2D eigenvalue weighted by atomic mass is 9.99. The van der Waals surface area contributed by atoms with Crippen LogP contribution in [-0.2, 0) is 0 Å². The highest BCUT2D eigenvalue weighted by Crippen LogP contribution is 2.37. The molecule has 0 radical (unpaired) electrons. The normalized spacial score (nSPS) is 14.2. The van der Waals surface area contributed by atoms with Crippen LogP contribution in [0.2, 0.25) is 5.02 Å². The van der Waals surface area contributed by atoms with Gasteiger partial charge in [-0.25, -0.2) is 4.98 Å². The summed E-state index contributed by atoms with van der Waals surface area (Å²) in [5.41, 5.74) is -2.94. The molecule has 1 atom stereocenters. The minimum absolute atomic E-state index is 0.0741. The van der Waals surface area contributed by atoms with Crippen molar-refractivity contribution in [3.05, 3.63) is 59.1 Å². The van der Waals surface area contributed by atoms with E-state index in [0.29, 0.717) is 15.2 Å². The van der Waals surface area contributed by atoms with Gasteiger partial charge in [0, 0.05) is 17.2 Å². The van der Waals surface area contributed by atoms with Gasteiger partial charge in [-0.3, -0.25) is 0 Å². The summed E-state index contributed by atoms with van der Waals surface area (Å²) >= 11 is 6.74. The number of para-hydroxylation sites is 1. The van der Waals surface area contributed by atoms with E-state index in [2.05, 4.69) is 10.3 Å². The molecule has 9 heteroatoms. The molecule has 0 spiro atoms. The van der Waals surface area contributed by atoms with Gasteiger partial charge >= 0.3 is 6.18 Å². The summed E-state index contributed by atoms with van der Waals surface area (Å²) in [6.07, 6.45) is -5.99. The van der Waals surface area contributed by atoms with E-state index < -0.39 is 18.3 Å². The van der Waals surface area contributed by atoms with Gasteiger partial charge in [-0.2, -0.15) is 13.2 Å². The van der Waals surface area contributed by atoms with Crippen LogP contribution in [0.1, 0.15) is 12.0 Å². The Kier molecular flexibility index (Phi) is 4.92. The van der Waals surface area contributed by atoms with Crippen molar-refractivity contribution in [2.45, 2.75) is 18.3 Å². The highest BCUT2D eigenvalue weighted by Gasteiger charge is 2.55. The van der Waals surface area contributed by atoms with E-state index in [-0.39, 0.29) is 16.4 Å². The molecule has 3 N–H and O–H groups in total. The van der Waals surface area contributed by atoms with Gasteiger partial charge in [0.15, 0.2) is 5.13 Å². The number of anilines is 1. The van der Waals surface area contributed by atoms with Crippen molar-refractivity contribution in [1.29, 1.82) is 5.41 Å². The number of thiazole rings is 1. The number of hydrogen-bond donors (Lipinski definition) is 3. The Morgan fingerprint density at radius 2 is 1.81 bits per heavy atom. The maximum Gasteiger partial charge on any atom is 0.436 e. The number of hydrogen-bond acceptors (Lipinski definition) is 5. The van der Waals surface area contributed by atoms with Crippen LogP contribution in [0, 0.1) is 5.41 Å². The number of nitrogens with one attached hydrogen (secondary N) is 2. The van der Waals surface area contributed by atoms with E-state index in [4.69, 9.17) is 17.0 Å². The Bertz CT molecular complexity index is 909. The fourth-order valence-corrected chi connectivity index (χ4v) is 3.39. The number of halogens is 4. The highest BCUT2D eigenvalue weighted by atomic mass is 35.5. The average Bonchev–Trinajstić information content (AvgIpc) is 2.96. The van der Waals surface area contributed by atoms with Crippen molar-refractivity contribution in [2.24, 2.45) is 0 Å². The van der Waals surface area contributed by atoms with Crippen LogP contribution in [0.15, 0.2) is 48.5 Å². The SMILES string of the molecule is N=C(CC(O)(Nc1nc2ccccc2s1)C(F)(F)F)c1ccc(Cl)cc1. The summed E-state index contributed by atoms with van der Waals surface area (Å²) in [6.45, 7) is 0. The van der Waals surface area contributed by atoms with Crippen molar-refractivity contribution in [3.8, 4) is 0 Å². The molecule has 4 nitrogen and oxygen atoms in total.